The van der Waals surface area contributed by atoms with Gasteiger partial charge < -0.3 is 14.2 Å². The Labute approximate surface area is 184 Å². The van der Waals surface area contributed by atoms with Crippen molar-refractivity contribution in [2.24, 2.45) is 0 Å². The van der Waals surface area contributed by atoms with Gasteiger partial charge in [0.25, 0.3) is 0 Å². The minimum atomic E-state index is -4.71. The number of alkyl halides is 3. The summed E-state index contributed by atoms with van der Waals surface area (Å²) in [6.45, 7) is 9.29. The highest BCUT2D eigenvalue weighted by molar-refractivity contribution is 6.13. The minimum absolute atomic E-state index is 0.0346. The third-order valence-corrected chi connectivity index (χ3v) is 4.99. The van der Waals surface area contributed by atoms with Crippen molar-refractivity contribution < 1.29 is 41.8 Å². The molecule has 0 radical (unpaired) electrons. The maximum absolute atomic E-state index is 13.5. The molecule has 1 atom stereocenters. The van der Waals surface area contributed by atoms with E-state index in [1.165, 1.54) is 13.8 Å². The molecule has 1 aromatic rings. The van der Waals surface area contributed by atoms with Gasteiger partial charge in [-0.2, -0.15) is 13.2 Å². The lowest BCUT2D eigenvalue weighted by Gasteiger charge is -2.34. The fourth-order valence-electron chi connectivity index (χ4n) is 3.87. The largest absolute Gasteiger partial charge is 0.465 e. The van der Waals surface area contributed by atoms with Crippen LogP contribution >= 0.6 is 0 Å². The first-order valence-electron chi connectivity index (χ1n) is 10.3. The molecule has 0 aliphatic carbocycles. The number of hydrogen-bond donors (Lipinski definition) is 0. The second-order valence-electron chi connectivity index (χ2n) is 8.25. The van der Waals surface area contributed by atoms with Gasteiger partial charge in [-0.05, 0) is 53.2 Å². The lowest BCUT2D eigenvalue weighted by Crippen LogP contribution is -2.57. The van der Waals surface area contributed by atoms with Gasteiger partial charge in [-0.1, -0.05) is 13.0 Å². The summed E-state index contributed by atoms with van der Waals surface area (Å²) in [6.07, 6.45) is -5.66. The van der Waals surface area contributed by atoms with E-state index in [0.717, 1.165) is 23.1 Å². The van der Waals surface area contributed by atoms with Crippen molar-refractivity contribution >= 4 is 23.7 Å². The smallest absolute Gasteiger partial charge is 0.416 e. The molecule has 0 aromatic heterocycles. The fraction of sp³-hybridized carbons (Fsp3) is 0.591. The number of anilines is 1. The van der Waals surface area contributed by atoms with E-state index in [-0.39, 0.29) is 30.9 Å². The molecule has 1 amide bonds. The second kappa shape index (κ2) is 8.99. The number of rotatable bonds is 5. The Balaban J connectivity index is 2.88. The Morgan fingerprint density at radius 3 is 1.94 bits per heavy atom. The van der Waals surface area contributed by atoms with Gasteiger partial charge in [0.05, 0.1) is 30.5 Å². The Bertz CT molecular complexity index is 873. The second-order valence-corrected chi connectivity index (χ2v) is 8.25. The van der Waals surface area contributed by atoms with Crippen LogP contribution < -0.4 is 4.90 Å². The molecular weight excluding hydrogens is 431 g/mol. The van der Waals surface area contributed by atoms with Crippen molar-refractivity contribution in [3.63, 3.8) is 0 Å². The molecule has 0 saturated heterocycles. The van der Waals surface area contributed by atoms with Gasteiger partial charge in [-0.15, -0.1) is 0 Å². The summed E-state index contributed by atoms with van der Waals surface area (Å²) in [7, 11) is 0. The molecule has 0 spiro atoms. The third kappa shape index (κ3) is 4.40. The predicted molar refractivity (Wildman–Crippen MR) is 109 cm³/mol. The monoisotopic (exact) mass is 459 g/mol. The molecule has 0 bridgehead atoms. The number of amides is 1. The molecule has 1 aliphatic rings. The minimum Gasteiger partial charge on any atom is -0.465 e. The Kier molecular flexibility index (Phi) is 7.16. The molecule has 1 aliphatic heterocycles. The lowest BCUT2D eigenvalue weighted by atomic mass is 9.75. The number of carbonyl (C=O) groups excluding carboxylic acids is 3. The van der Waals surface area contributed by atoms with Crippen molar-refractivity contribution in [3.05, 3.63) is 29.3 Å². The summed E-state index contributed by atoms with van der Waals surface area (Å²) in [6, 6.07) is 1.31. The average Bonchev–Trinajstić information content (AvgIpc) is 2.96. The molecule has 1 aromatic carbocycles. The summed E-state index contributed by atoms with van der Waals surface area (Å²) in [5, 5.41) is 0. The standard InChI is InChI=1S/C22H28F3NO6/c1-7-16-21(17(27)30-8-2,18(28)31-9-3)14-11-10-13(22(23,24)25)12-15(14)26(16)19(29)32-20(4,5)6/h10-12,16H,7-9H2,1-6H3. The number of ether oxygens (including phenoxy) is 3. The van der Waals surface area contributed by atoms with E-state index in [2.05, 4.69) is 0 Å². The molecule has 0 saturated carbocycles. The van der Waals surface area contributed by atoms with Crippen LogP contribution in [0, 0.1) is 0 Å². The topological polar surface area (TPSA) is 82.1 Å². The summed E-state index contributed by atoms with van der Waals surface area (Å²) in [5.41, 5.74) is -4.52. The molecule has 7 nitrogen and oxygen atoms in total. The van der Waals surface area contributed by atoms with Crippen molar-refractivity contribution in [1.82, 2.24) is 0 Å². The summed E-state index contributed by atoms with van der Waals surface area (Å²) >= 11 is 0. The van der Waals surface area contributed by atoms with E-state index in [1.807, 2.05) is 0 Å². The first kappa shape index (κ1) is 25.5. The maximum atomic E-state index is 13.5. The first-order chi connectivity index (χ1) is 14.7. The van der Waals surface area contributed by atoms with Gasteiger partial charge in [-0.25, -0.2) is 4.79 Å². The third-order valence-electron chi connectivity index (χ3n) is 4.99. The van der Waals surface area contributed by atoms with Crippen LogP contribution in [0.15, 0.2) is 18.2 Å². The summed E-state index contributed by atoms with van der Waals surface area (Å²) < 4.78 is 56.2. The van der Waals surface area contributed by atoms with Gasteiger partial charge in [0.15, 0.2) is 0 Å². The van der Waals surface area contributed by atoms with E-state index in [1.54, 1.807) is 27.7 Å². The van der Waals surface area contributed by atoms with Crippen molar-refractivity contribution in [1.29, 1.82) is 0 Å². The Morgan fingerprint density at radius 2 is 1.53 bits per heavy atom. The van der Waals surface area contributed by atoms with Crippen LogP contribution in [0.4, 0.5) is 23.7 Å². The summed E-state index contributed by atoms with van der Waals surface area (Å²) in [5.74, 6) is -2.00. The first-order valence-corrected chi connectivity index (χ1v) is 10.3. The molecule has 32 heavy (non-hydrogen) atoms. The van der Waals surface area contributed by atoms with E-state index in [4.69, 9.17) is 14.2 Å². The normalized spacial score (nSPS) is 17.5. The van der Waals surface area contributed by atoms with Crippen molar-refractivity contribution in [2.75, 3.05) is 18.1 Å². The molecular formula is C22H28F3NO6. The zero-order chi connectivity index (χ0) is 24.5. The van der Waals surface area contributed by atoms with Crippen LogP contribution in [0.25, 0.3) is 0 Å². The quantitative estimate of drug-likeness (QED) is 0.364. The van der Waals surface area contributed by atoms with Crippen LogP contribution in [0.2, 0.25) is 0 Å². The lowest BCUT2D eigenvalue weighted by molar-refractivity contribution is -0.165. The number of esters is 2. The van der Waals surface area contributed by atoms with Crippen molar-refractivity contribution in [3.8, 4) is 0 Å². The molecule has 0 N–H and O–H groups in total. The van der Waals surface area contributed by atoms with E-state index >= 15 is 0 Å². The van der Waals surface area contributed by atoms with E-state index in [9.17, 15) is 27.6 Å². The van der Waals surface area contributed by atoms with Crippen LogP contribution in [0.5, 0.6) is 0 Å². The van der Waals surface area contributed by atoms with Crippen LogP contribution in [-0.2, 0) is 35.4 Å². The number of hydrogen-bond acceptors (Lipinski definition) is 6. The number of fused-ring (bicyclic) bond motifs is 1. The van der Waals surface area contributed by atoms with Gasteiger partial charge in [0.1, 0.15) is 5.60 Å². The number of halogens is 3. The number of carbonyl (C=O) groups is 3. The predicted octanol–water partition coefficient (Wildman–Crippen LogP) is 4.60. The molecule has 2 rings (SSSR count). The van der Waals surface area contributed by atoms with Crippen LogP contribution in [0.3, 0.4) is 0 Å². The van der Waals surface area contributed by atoms with Crippen molar-refractivity contribution in [2.45, 2.75) is 71.2 Å². The maximum Gasteiger partial charge on any atom is 0.416 e. The highest BCUT2D eigenvalue weighted by atomic mass is 19.4. The average molecular weight is 459 g/mol. The number of nitrogens with zero attached hydrogens (tertiary/aromatic N) is 1. The molecule has 0 fully saturated rings. The van der Waals surface area contributed by atoms with Gasteiger partial charge in [-0.3, -0.25) is 14.5 Å². The van der Waals surface area contributed by atoms with Crippen LogP contribution in [-0.4, -0.2) is 42.9 Å². The zero-order valence-corrected chi connectivity index (χ0v) is 19.0. The molecule has 1 unspecified atom stereocenters. The molecule has 10 heteroatoms. The van der Waals surface area contributed by atoms with Crippen LogP contribution in [0.1, 0.15) is 59.1 Å². The highest BCUT2D eigenvalue weighted by Crippen LogP contribution is 2.50. The van der Waals surface area contributed by atoms with Gasteiger partial charge in [0, 0.05) is 5.56 Å². The van der Waals surface area contributed by atoms with E-state index in [0.29, 0.717) is 0 Å². The highest BCUT2D eigenvalue weighted by Gasteiger charge is 2.65. The summed E-state index contributed by atoms with van der Waals surface area (Å²) in [4.78, 5) is 40.5. The molecule has 178 valence electrons. The zero-order valence-electron chi connectivity index (χ0n) is 19.0. The fourth-order valence-corrected chi connectivity index (χ4v) is 3.87. The Morgan fingerprint density at radius 1 is 1.00 bits per heavy atom. The number of benzene rings is 1. The Hall–Kier alpha value is -2.78. The van der Waals surface area contributed by atoms with E-state index < -0.39 is 46.8 Å². The van der Waals surface area contributed by atoms with Gasteiger partial charge >= 0.3 is 24.2 Å². The SMILES string of the molecule is CCOC(=O)C1(C(=O)OCC)c2ccc(C(F)(F)F)cc2N(C(=O)OC(C)(C)C)C1CC. The molecule has 1 heterocycles. The van der Waals surface area contributed by atoms with Gasteiger partial charge in [0.2, 0.25) is 5.41 Å².